The lowest BCUT2D eigenvalue weighted by Crippen LogP contribution is -2.42. The lowest BCUT2D eigenvalue weighted by molar-refractivity contribution is -0.0998. The molecule has 3 heteroatoms. The Morgan fingerprint density at radius 2 is 2.38 bits per heavy atom. The predicted molar refractivity (Wildman–Crippen MR) is 66.9 cm³/mol. The largest absolute Gasteiger partial charge is 0.393 e. The molecular weight excluding hydrogens is 220 g/mol. The minimum atomic E-state index is -0.220. The molecule has 0 amide bonds. The standard InChI is InChI=1S/C13H20O2S/c1-15-13(7-3-8-13)10-11(14)5-6-12-4-2-9-16-12/h2,4,9,11,14H,3,5-8,10H2,1H3. The van der Waals surface area contributed by atoms with Crippen LogP contribution in [0.1, 0.15) is 37.0 Å². The molecular formula is C13H20O2S. The van der Waals surface area contributed by atoms with Crippen LogP contribution >= 0.6 is 11.3 Å². The normalized spacial score (nSPS) is 20.4. The van der Waals surface area contributed by atoms with Gasteiger partial charge in [-0.15, -0.1) is 11.3 Å². The summed E-state index contributed by atoms with van der Waals surface area (Å²) in [5.74, 6) is 0. The van der Waals surface area contributed by atoms with Gasteiger partial charge in [0.05, 0.1) is 11.7 Å². The van der Waals surface area contributed by atoms with Crippen LogP contribution in [0, 0.1) is 0 Å². The molecule has 2 rings (SSSR count). The van der Waals surface area contributed by atoms with Crippen LogP contribution in [0.4, 0.5) is 0 Å². The number of aryl methyl sites for hydroxylation is 1. The van der Waals surface area contributed by atoms with E-state index >= 15 is 0 Å². The second kappa shape index (κ2) is 5.30. The van der Waals surface area contributed by atoms with Gasteiger partial charge in [-0.25, -0.2) is 0 Å². The van der Waals surface area contributed by atoms with Crippen LogP contribution in [0.3, 0.4) is 0 Å². The molecule has 90 valence electrons. The van der Waals surface area contributed by atoms with Gasteiger partial charge in [0.25, 0.3) is 0 Å². The maximum absolute atomic E-state index is 10.0. The Balaban J connectivity index is 1.73. The van der Waals surface area contributed by atoms with Gasteiger partial charge in [0.1, 0.15) is 0 Å². The molecule has 2 nitrogen and oxygen atoms in total. The third-order valence-corrected chi connectivity index (χ3v) is 4.55. The van der Waals surface area contributed by atoms with Gasteiger partial charge in [0.15, 0.2) is 0 Å². The molecule has 1 aliphatic carbocycles. The molecule has 16 heavy (non-hydrogen) atoms. The van der Waals surface area contributed by atoms with Gasteiger partial charge in [0, 0.05) is 18.4 Å². The number of rotatable bonds is 6. The highest BCUT2D eigenvalue weighted by atomic mass is 32.1. The summed E-state index contributed by atoms with van der Waals surface area (Å²) in [5, 5.41) is 12.1. The first-order chi connectivity index (χ1) is 7.74. The zero-order valence-corrected chi connectivity index (χ0v) is 10.6. The van der Waals surface area contributed by atoms with Crippen LogP contribution in [-0.2, 0) is 11.2 Å². The van der Waals surface area contributed by atoms with Crippen molar-refractivity contribution in [3.05, 3.63) is 22.4 Å². The lowest BCUT2D eigenvalue weighted by Gasteiger charge is -2.41. The summed E-state index contributed by atoms with van der Waals surface area (Å²) in [7, 11) is 1.77. The molecule has 1 aromatic heterocycles. The molecule has 1 N–H and O–H groups in total. The molecule has 1 heterocycles. The zero-order valence-electron chi connectivity index (χ0n) is 9.82. The maximum atomic E-state index is 10.0. The molecule has 1 fully saturated rings. The van der Waals surface area contributed by atoms with Crippen LogP contribution < -0.4 is 0 Å². The lowest BCUT2D eigenvalue weighted by atomic mass is 9.75. The van der Waals surface area contributed by atoms with E-state index in [0.717, 1.165) is 32.1 Å². The summed E-state index contributed by atoms with van der Waals surface area (Å²) in [6, 6.07) is 4.20. The Hall–Kier alpha value is -0.380. The summed E-state index contributed by atoms with van der Waals surface area (Å²) in [5.41, 5.74) is -0.00509. The average Bonchev–Trinajstić information content (AvgIpc) is 2.73. The second-order valence-corrected chi connectivity index (χ2v) is 5.75. The van der Waals surface area contributed by atoms with Crippen molar-refractivity contribution >= 4 is 11.3 Å². The Labute approximate surface area is 101 Å². The van der Waals surface area contributed by atoms with Gasteiger partial charge in [-0.2, -0.15) is 0 Å². The van der Waals surface area contributed by atoms with Gasteiger partial charge in [-0.3, -0.25) is 0 Å². The Kier molecular flexibility index (Phi) is 4.00. The Morgan fingerprint density at radius 1 is 1.56 bits per heavy atom. The number of methoxy groups -OCH3 is 1. The molecule has 0 aliphatic heterocycles. The van der Waals surface area contributed by atoms with E-state index in [-0.39, 0.29) is 11.7 Å². The second-order valence-electron chi connectivity index (χ2n) is 4.72. The highest BCUT2D eigenvalue weighted by Gasteiger charge is 2.38. The highest BCUT2D eigenvalue weighted by Crippen LogP contribution is 2.39. The molecule has 1 unspecified atom stereocenters. The van der Waals surface area contributed by atoms with Crippen molar-refractivity contribution in [3.8, 4) is 0 Å². The first kappa shape index (κ1) is 12.1. The van der Waals surface area contributed by atoms with Crippen LogP contribution in [0.5, 0.6) is 0 Å². The summed E-state index contributed by atoms with van der Waals surface area (Å²) in [6.07, 6.45) is 5.88. The number of hydrogen-bond acceptors (Lipinski definition) is 3. The van der Waals surface area contributed by atoms with Gasteiger partial charge in [-0.1, -0.05) is 6.07 Å². The van der Waals surface area contributed by atoms with Gasteiger partial charge in [0.2, 0.25) is 0 Å². The Bertz CT molecular complexity index is 298. The molecule has 0 saturated heterocycles. The fourth-order valence-electron chi connectivity index (χ4n) is 2.36. The minimum Gasteiger partial charge on any atom is -0.393 e. The molecule has 1 aliphatic rings. The molecule has 0 aromatic carbocycles. The topological polar surface area (TPSA) is 29.5 Å². The third-order valence-electron chi connectivity index (χ3n) is 3.61. The molecule has 0 radical (unpaired) electrons. The van der Waals surface area contributed by atoms with Gasteiger partial charge in [-0.05, 0) is 43.6 Å². The van der Waals surface area contributed by atoms with Crippen LogP contribution in [-0.4, -0.2) is 23.9 Å². The summed E-state index contributed by atoms with van der Waals surface area (Å²) in [4.78, 5) is 1.36. The summed E-state index contributed by atoms with van der Waals surface area (Å²) in [6.45, 7) is 0. The monoisotopic (exact) mass is 240 g/mol. The van der Waals surface area contributed by atoms with Crippen molar-refractivity contribution in [2.24, 2.45) is 0 Å². The van der Waals surface area contributed by atoms with E-state index < -0.39 is 0 Å². The van der Waals surface area contributed by atoms with Crippen LogP contribution in [0.2, 0.25) is 0 Å². The van der Waals surface area contributed by atoms with Crippen molar-refractivity contribution < 1.29 is 9.84 Å². The first-order valence-electron chi connectivity index (χ1n) is 6.00. The highest BCUT2D eigenvalue weighted by molar-refractivity contribution is 7.09. The quantitative estimate of drug-likeness (QED) is 0.828. The number of hydrogen-bond donors (Lipinski definition) is 1. The van der Waals surface area contributed by atoms with Crippen molar-refractivity contribution in [2.45, 2.75) is 50.2 Å². The van der Waals surface area contributed by atoms with E-state index in [4.69, 9.17) is 4.74 Å². The summed E-state index contributed by atoms with van der Waals surface area (Å²) < 4.78 is 5.52. The molecule has 1 saturated carbocycles. The molecule has 0 spiro atoms. The van der Waals surface area contributed by atoms with E-state index in [1.165, 1.54) is 11.3 Å². The van der Waals surface area contributed by atoms with Crippen LogP contribution in [0.15, 0.2) is 17.5 Å². The fourth-order valence-corrected chi connectivity index (χ4v) is 3.08. The van der Waals surface area contributed by atoms with E-state index in [1.54, 1.807) is 18.4 Å². The number of aliphatic hydroxyl groups is 1. The maximum Gasteiger partial charge on any atom is 0.0703 e. The minimum absolute atomic E-state index is 0.00509. The molecule has 1 aromatic rings. The van der Waals surface area contributed by atoms with Gasteiger partial charge >= 0.3 is 0 Å². The van der Waals surface area contributed by atoms with E-state index in [1.807, 2.05) is 0 Å². The van der Waals surface area contributed by atoms with Crippen molar-refractivity contribution in [1.82, 2.24) is 0 Å². The van der Waals surface area contributed by atoms with Crippen molar-refractivity contribution in [2.75, 3.05) is 7.11 Å². The van der Waals surface area contributed by atoms with E-state index in [0.29, 0.717) is 0 Å². The summed E-state index contributed by atoms with van der Waals surface area (Å²) >= 11 is 1.77. The SMILES string of the molecule is COC1(CC(O)CCc2cccs2)CCC1. The Morgan fingerprint density at radius 3 is 2.88 bits per heavy atom. The number of thiophene rings is 1. The fraction of sp³-hybridized carbons (Fsp3) is 0.692. The third kappa shape index (κ3) is 2.84. The van der Waals surface area contributed by atoms with E-state index in [9.17, 15) is 5.11 Å². The smallest absolute Gasteiger partial charge is 0.0703 e. The zero-order chi connectivity index (χ0) is 11.4. The predicted octanol–water partition coefficient (Wildman–Crippen LogP) is 3.00. The van der Waals surface area contributed by atoms with Crippen molar-refractivity contribution in [1.29, 1.82) is 0 Å². The number of aliphatic hydroxyl groups excluding tert-OH is 1. The number of ether oxygens (including phenoxy) is 1. The van der Waals surface area contributed by atoms with Crippen LogP contribution in [0.25, 0.3) is 0 Å². The molecule has 1 atom stereocenters. The molecule has 0 bridgehead atoms. The van der Waals surface area contributed by atoms with E-state index in [2.05, 4.69) is 17.5 Å². The average molecular weight is 240 g/mol. The first-order valence-corrected chi connectivity index (χ1v) is 6.88. The van der Waals surface area contributed by atoms with Gasteiger partial charge < -0.3 is 9.84 Å². The van der Waals surface area contributed by atoms with Crippen molar-refractivity contribution in [3.63, 3.8) is 0 Å².